The van der Waals surface area contributed by atoms with E-state index in [2.05, 4.69) is 0 Å². The van der Waals surface area contributed by atoms with Crippen molar-refractivity contribution in [1.29, 1.82) is 0 Å². The Kier molecular flexibility index (Phi) is 6.44. The van der Waals surface area contributed by atoms with Gasteiger partial charge in [0, 0.05) is 5.75 Å². The van der Waals surface area contributed by atoms with Crippen molar-refractivity contribution in [3.8, 4) is 0 Å². The Hall–Kier alpha value is -0.0900. The molecule has 0 amide bonds. The molecule has 0 aliphatic rings. The van der Waals surface area contributed by atoms with Crippen LogP contribution in [0.4, 0.5) is 0 Å². The van der Waals surface area contributed by atoms with Crippen LogP contribution < -0.4 is 0 Å². The van der Waals surface area contributed by atoms with E-state index in [1.165, 1.54) is 0 Å². The van der Waals surface area contributed by atoms with E-state index in [1.807, 2.05) is 13.8 Å². The van der Waals surface area contributed by atoms with Crippen LogP contribution in [0.5, 0.6) is 0 Å². The molecule has 0 heterocycles. The van der Waals surface area contributed by atoms with Gasteiger partial charge in [0.15, 0.2) is 0 Å². The molecule has 3 nitrogen and oxygen atoms in total. The Bertz CT molecular complexity index is 259. The molecule has 4 heteroatoms. The lowest BCUT2D eigenvalue weighted by Gasteiger charge is -2.26. The minimum Gasteiger partial charge on any atom is -0.390 e. The van der Waals surface area contributed by atoms with Gasteiger partial charge in [-0.3, -0.25) is 0 Å². The van der Waals surface area contributed by atoms with Gasteiger partial charge in [-0.25, -0.2) is 8.42 Å². The summed E-state index contributed by atoms with van der Waals surface area (Å²) < 4.78 is 22.5. The first kappa shape index (κ1) is 14.9. The first-order valence-corrected chi connectivity index (χ1v) is 7.64. The highest BCUT2D eigenvalue weighted by molar-refractivity contribution is 7.91. The lowest BCUT2D eigenvalue weighted by Crippen LogP contribution is -2.28. The fraction of sp³-hybridized carbons (Fsp3) is 1.00. The fourth-order valence-electron chi connectivity index (χ4n) is 1.71. The van der Waals surface area contributed by atoms with Gasteiger partial charge in [0.25, 0.3) is 0 Å². The largest absolute Gasteiger partial charge is 0.390 e. The molecule has 0 bridgehead atoms. The van der Waals surface area contributed by atoms with Crippen LogP contribution in [0.1, 0.15) is 52.9 Å². The summed E-state index contributed by atoms with van der Waals surface area (Å²) in [6.45, 7) is 5.64. The number of sulfone groups is 1. The monoisotopic (exact) mass is 236 g/mol. The summed E-state index contributed by atoms with van der Waals surface area (Å²) in [5, 5.41) is 10.1. The van der Waals surface area contributed by atoms with Crippen LogP contribution >= 0.6 is 0 Å². The third kappa shape index (κ3) is 6.15. The molecule has 0 saturated heterocycles. The highest BCUT2D eigenvalue weighted by Crippen LogP contribution is 2.23. The minimum absolute atomic E-state index is 0.200. The van der Waals surface area contributed by atoms with Gasteiger partial charge < -0.3 is 5.11 Å². The van der Waals surface area contributed by atoms with Crippen LogP contribution in [0.25, 0.3) is 0 Å². The fourth-order valence-corrected chi connectivity index (χ4v) is 2.58. The second-order valence-electron chi connectivity index (χ2n) is 4.17. The molecule has 0 aliphatic carbocycles. The number of rotatable bonds is 8. The Labute approximate surface area is 93.8 Å². The first-order chi connectivity index (χ1) is 6.89. The standard InChI is InChI=1S/C11H24O3S/c1-4-8-11(12,5-2)9-7-10-15(13,14)6-3/h12H,4-10H2,1-3H3. The molecule has 1 atom stereocenters. The zero-order valence-electron chi connectivity index (χ0n) is 10.1. The van der Waals surface area contributed by atoms with Crippen LogP contribution in [0.3, 0.4) is 0 Å². The zero-order valence-corrected chi connectivity index (χ0v) is 10.9. The summed E-state index contributed by atoms with van der Waals surface area (Å²) in [6.07, 6.45) is 3.56. The van der Waals surface area contributed by atoms with E-state index in [4.69, 9.17) is 0 Å². The van der Waals surface area contributed by atoms with E-state index in [-0.39, 0.29) is 11.5 Å². The first-order valence-electron chi connectivity index (χ1n) is 5.82. The maximum Gasteiger partial charge on any atom is 0.150 e. The number of aliphatic hydroxyl groups is 1. The van der Waals surface area contributed by atoms with Crippen molar-refractivity contribution in [3.05, 3.63) is 0 Å². The Morgan fingerprint density at radius 2 is 1.73 bits per heavy atom. The molecule has 0 aromatic carbocycles. The molecule has 0 rings (SSSR count). The topological polar surface area (TPSA) is 54.4 Å². The average Bonchev–Trinajstić information content (AvgIpc) is 2.18. The third-order valence-electron chi connectivity index (χ3n) is 2.91. The van der Waals surface area contributed by atoms with Gasteiger partial charge >= 0.3 is 0 Å². The molecule has 0 aromatic rings. The van der Waals surface area contributed by atoms with Crippen molar-refractivity contribution >= 4 is 9.84 Å². The normalized spacial score (nSPS) is 16.3. The van der Waals surface area contributed by atoms with Crippen molar-refractivity contribution in [2.24, 2.45) is 0 Å². The Morgan fingerprint density at radius 1 is 1.13 bits per heavy atom. The molecule has 1 N–H and O–H groups in total. The third-order valence-corrected chi connectivity index (χ3v) is 4.70. The van der Waals surface area contributed by atoms with Crippen molar-refractivity contribution in [3.63, 3.8) is 0 Å². The van der Waals surface area contributed by atoms with Crippen molar-refractivity contribution < 1.29 is 13.5 Å². The van der Waals surface area contributed by atoms with Crippen molar-refractivity contribution in [2.75, 3.05) is 11.5 Å². The SMILES string of the molecule is CCCC(O)(CC)CCCS(=O)(=O)CC. The van der Waals surface area contributed by atoms with E-state index in [1.54, 1.807) is 6.92 Å². The molecule has 0 aromatic heterocycles. The van der Waals surface area contributed by atoms with E-state index in [9.17, 15) is 13.5 Å². The van der Waals surface area contributed by atoms with Crippen molar-refractivity contribution in [2.45, 2.75) is 58.5 Å². The molecule has 92 valence electrons. The molecule has 1 unspecified atom stereocenters. The van der Waals surface area contributed by atoms with E-state index in [0.717, 1.165) is 12.8 Å². The average molecular weight is 236 g/mol. The van der Waals surface area contributed by atoms with Gasteiger partial charge in [0.2, 0.25) is 0 Å². The second kappa shape index (κ2) is 6.48. The van der Waals surface area contributed by atoms with Gasteiger partial charge in [0.1, 0.15) is 9.84 Å². The van der Waals surface area contributed by atoms with Gasteiger partial charge in [0.05, 0.1) is 11.4 Å². The Morgan fingerprint density at radius 3 is 2.13 bits per heavy atom. The molecule has 0 spiro atoms. The molecule has 15 heavy (non-hydrogen) atoms. The second-order valence-corrected chi connectivity index (χ2v) is 6.64. The summed E-state index contributed by atoms with van der Waals surface area (Å²) >= 11 is 0. The molecular weight excluding hydrogens is 212 g/mol. The van der Waals surface area contributed by atoms with Gasteiger partial charge in [-0.15, -0.1) is 0 Å². The molecule has 0 radical (unpaired) electrons. The minimum atomic E-state index is -2.88. The van der Waals surface area contributed by atoms with Crippen molar-refractivity contribution in [1.82, 2.24) is 0 Å². The smallest absolute Gasteiger partial charge is 0.150 e. The lowest BCUT2D eigenvalue weighted by atomic mass is 9.90. The Balaban J connectivity index is 4.03. The van der Waals surface area contributed by atoms with E-state index < -0.39 is 15.4 Å². The molecule has 0 fully saturated rings. The van der Waals surface area contributed by atoms with Crippen LogP contribution in [0, 0.1) is 0 Å². The van der Waals surface area contributed by atoms with E-state index >= 15 is 0 Å². The molecule has 0 saturated carbocycles. The highest BCUT2D eigenvalue weighted by Gasteiger charge is 2.23. The number of hydrogen-bond acceptors (Lipinski definition) is 3. The predicted octanol–water partition coefficient (Wildman–Crippen LogP) is 2.14. The maximum absolute atomic E-state index is 11.2. The molecular formula is C11H24O3S. The summed E-state index contributed by atoms with van der Waals surface area (Å²) in [4.78, 5) is 0. The highest BCUT2D eigenvalue weighted by atomic mass is 32.2. The van der Waals surface area contributed by atoms with Gasteiger partial charge in [-0.05, 0) is 25.7 Å². The summed E-state index contributed by atoms with van der Waals surface area (Å²) in [5.41, 5.74) is -0.655. The van der Waals surface area contributed by atoms with E-state index in [0.29, 0.717) is 19.3 Å². The lowest BCUT2D eigenvalue weighted by molar-refractivity contribution is 0.0178. The molecule has 0 aliphatic heterocycles. The van der Waals surface area contributed by atoms with Gasteiger partial charge in [-0.1, -0.05) is 27.2 Å². The number of hydrogen-bond donors (Lipinski definition) is 1. The van der Waals surface area contributed by atoms with Crippen LogP contribution in [0.15, 0.2) is 0 Å². The quantitative estimate of drug-likeness (QED) is 0.702. The van der Waals surface area contributed by atoms with Crippen LogP contribution in [0.2, 0.25) is 0 Å². The van der Waals surface area contributed by atoms with Crippen LogP contribution in [-0.2, 0) is 9.84 Å². The predicted molar refractivity (Wildman–Crippen MR) is 63.7 cm³/mol. The van der Waals surface area contributed by atoms with Crippen LogP contribution in [-0.4, -0.2) is 30.6 Å². The zero-order chi connectivity index (χ0) is 11.9. The summed E-state index contributed by atoms with van der Waals surface area (Å²) in [5.74, 6) is 0.404. The summed E-state index contributed by atoms with van der Waals surface area (Å²) in [6, 6.07) is 0. The summed E-state index contributed by atoms with van der Waals surface area (Å²) in [7, 11) is -2.88. The maximum atomic E-state index is 11.2. The van der Waals surface area contributed by atoms with Gasteiger partial charge in [-0.2, -0.15) is 0 Å².